The molecule has 1 aromatic heterocycles. The predicted octanol–water partition coefficient (Wildman–Crippen LogP) is 2.48. The van der Waals surface area contributed by atoms with Gasteiger partial charge in [-0.2, -0.15) is 0 Å². The van der Waals surface area contributed by atoms with E-state index >= 15 is 0 Å². The van der Waals surface area contributed by atoms with E-state index in [1.807, 2.05) is 30.3 Å². The van der Waals surface area contributed by atoms with E-state index in [9.17, 15) is 4.79 Å². The largest absolute Gasteiger partial charge is 0.461 e. The second-order valence-electron chi connectivity index (χ2n) is 5.87. The molecule has 2 N–H and O–H groups in total. The summed E-state index contributed by atoms with van der Waals surface area (Å²) >= 11 is 0. The van der Waals surface area contributed by atoms with Gasteiger partial charge in [0.2, 0.25) is 5.91 Å². The van der Waals surface area contributed by atoms with Gasteiger partial charge in [-0.3, -0.25) is 4.79 Å². The number of benzene rings is 1. The number of carbonyl (C=O) groups excluding carboxylic acids is 1. The van der Waals surface area contributed by atoms with Crippen molar-refractivity contribution in [2.45, 2.75) is 32.2 Å². The van der Waals surface area contributed by atoms with Gasteiger partial charge in [0.15, 0.2) is 0 Å². The molecule has 1 fully saturated rings. The number of hydrogen-bond donors (Lipinski definition) is 2. The molecule has 2 heterocycles. The number of furan rings is 1. The Balaban J connectivity index is 1.50. The van der Waals surface area contributed by atoms with E-state index in [1.54, 1.807) is 0 Å². The molecule has 112 valence electrons. The van der Waals surface area contributed by atoms with E-state index in [2.05, 4.69) is 17.6 Å². The number of nitrogens with one attached hydrogen (secondary N) is 2. The highest BCUT2D eigenvalue weighted by molar-refractivity contribution is 5.79. The number of para-hydroxylation sites is 1. The van der Waals surface area contributed by atoms with Crippen molar-refractivity contribution in [2.24, 2.45) is 5.92 Å². The van der Waals surface area contributed by atoms with Crippen molar-refractivity contribution in [1.82, 2.24) is 10.6 Å². The highest BCUT2D eigenvalue weighted by atomic mass is 16.3. The number of rotatable bonds is 4. The van der Waals surface area contributed by atoms with Crippen LogP contribution >= 0.6 is 0 Å². The second kappa shape index (κ2) is 6.31. The quantitative estimate of drug-likeness (QED) is 0.908. The molecular formula is C17H22N2O2. The van der Waals surface area contributed by atoms with E-state index in [0.29, 0.717) is 12.6 Å². The Morgan fingerprint density at radius 1 is 1.43 bits per heavy atom. The van der Waals surface area contributed by atoms with Crippen molar-refractivity contribution >= 4 is 16.9 Å². The zero-order valence-corrected chi connectivity index (χ0v) is 12.4. The summed E-state index contributed by atoms with van der Waals surface area (Å²) in [5.41, 5.74) is 0.908. The standard InChI is InChI=1S/C17H22N2O2/c1-12-10-14(6-8-18-12)17(20)19-9-7-15-11-13-4-2-3-5-16(13)21-15/h2-5,11-12,14,18H,6-10H2,1H3,(H,19,20)/t12-,14-/m0/s1. The van der Waals surface area contributed by atoms with Crippen LogP contribution in [0.5, 0.6) is 0 Å². The second-order valence-corrected chi connectivity index (χ2v) is 5.87. The maximum Gasteiger partial charge on any atom is 0.223 e. The van der Waals surface area contributed by atoms with Gasteiger partial charge in [-0.1, -0.05) is 18.2 Å². The Bertz CT molecular complexity index is 587. The number of amides is 1. The third-order valence-corrected chi connectivity index (χ3v) is 4.14. The Hall–Kier alpha value is -1.81. The first-order chi connectivity index (χ1) is 10.2. The first-order valence-corrected chi connectivity index (χ1v) is 7.71. The number of carbonyl (C=O) groups is 1. The van der Waals surface area contributed by atoms with E-state index in [0.717, 1.165) is 42.5 Å². The highest BCUT2D eigenvalue weighted by Crippen LogP contribution is 2.19. The van der Waals surface area contributed by atoms with Gasteiger partial charge in [-0.15, -0.1) is 0 Å². The lowest BCUT2D eigenvalue weighted by molar-refractivity contribution is -0.126. The topological polar surface area (TPSA) is 54.3 Å². The summed E-state index contributed by atoms with van der Waals surface area (Å²) in [6, 6.07) is 10.5. The summed E-state index contributed by atoms with van der Waals surface area (Å²) in [6.45, 7) is 3.70. The van der Waals surface area contributed by atoms with Gasteiger partial charge in [0.05, 0.1) is 0 Å². The van der Waals surface area contributed by atoms with Crippen LogP contribution in [0.3, 0.4) is 0 Å². The van der Waals surface area contributed by atoms with Crippen molar-refractivity contribution in [1.29, 1.82) is 0 Å². The van der Waals surface area contributed by atoms with E-state index in [1.165, 1.54) is 0 Å². The van der Waals surface area contributed by atoms with Crippen molar-refractivity contribution in [2.75, 3.05) is 13.1 Å². The van der Waals surface area contributed by atoms with Gasteiger partial charge in [0.25, 0.3) is 0 Å². The number of piperidine rings is 1. The molecule has 1 aliphatic rings. The molecule has 0 saturated carbocycles. The van der Waals surface area contributed by atoms with Gasteiger partial charge in [-0.25, -0.2) is 0 Å². The molecule has 0 radical (unpaired) electrons. The van der Waals surface area contributed by atoms with Crippen LogP contribution in [0, 0.1) is 5.92 Å². The molecule has 0 bridgehead atoms. The summed E-state index contributed by atoms with van der Waals surface area (Å²) in [4.78, 5) is 12.1. The fraction of sp³-hybridized carbons (Fsp3) is 0.471. The molecule has 1 saturated heterocycles. The molecule has 0 aliphatic carbocycles. The Morgan fingerprint density at radius 3 is 3.10 bits per heavy atom. The lowest BCUT2D eigenvalue weighted by Gasteiger charge is -2.27. The molecule has 2 aromatic rings. The molecule has 4 heteroatoms. The fourth-order valence-corrected chi connectivity index (χ4v) is 2.98. The molecule has 1 aromatic carbocycles. The lowest BCUT2D eigenvalue weighted by atomic mass is 9.92. The minimum Gasteiger partial charge on any atom is -0.461 e. The van der Waals surface area contributed by atoms with Crippen LogP contribution in [-0.2, 0) is 11.2 Å². The monoisotopic (exact) mass is 286 g/mol. The van der Waals surface area contributed by atoms with Crippen molar-refractivity contribution < 1.29 is 9.21 Å². The molecule has 21 heavy (non-hydrogen) atoms. The van der Waals surface area contributed by atoms with Gasteiger partial charge in [0.1, 0.15) is 11.3 Å². The molecule has 1 aliphatic heterocycles. The summed E-state index contributed by atoms with van der Waals surface area (Å²) in [5, 5.41) is 7.52. The van der Waals surface area contributed by atoms with Gasteiger partial charge in [0, 0.05) is 30.3 Å². The van der Waals surface area contributed by atoms with Crippen molar-refractivity contribution in [3.05, 3.63) is 36.1 Å². The maximum atomic E-state index is 12.1. The average Bonchev–Trinajstić information content (AvgIpc) is 2.89. The Morgan fingerprint density at radius 2 is 2.29 bits per heavy atom. The zero-order valence-electron chi connectivity index (χ0n) is 12.4. The van der Waals surface area contributed by atoms with Crippen LogP contribution in [0.25, 0.3) is 11.0 Å². The van der Waals surface area contributed by atoms with Crippen LogP contribution in [0.4, 0.5) is 0 Å². The minimum absolute atomic E-state index is 0.150. The smallest absolute Gasteiger partial charge is 0.223 e. The van der Waals surface area contributed by atoms with Crippen LogP contribution in [0.15, 0.2) is 34.7 Å². The molecule has 2 atom stereocenters. The highest BCUT2D eigenvalue weighted by Gasteiger charge is 2.24. The molecule has 4 nitrogen and oxygen atoms in total. The zero-order chi connectivity index (χ0) is 14.7. The molecule has 3 rings (SSSR count). The summed E-state index contributed by atoms with van der Waals surface area (Å²) < 4.78 is 5.75. The van der Waals surface area contributed by atoms with Gasteiger partial charge in [-0.05, 0) is 38.4 Å². The first-order valence-electron chi connectivity index (χ1n) is 7.71. The molecule has 1 amide bonds. The Labute approximate surface area is 124 Å². The summed E-state index contributed by atoms with van der Waals surface area (Å²) in [5.74, 6) is 1.26. The Kier molecular flexibility index (Phi) is 4.25. The first kappa shape index (κ1) is 14.1. The maximum absolute atomic E-state index is 12.1. The third-order valence-electron chi connectivity index (χ3n) is 4.14. The van der Waals surface area contributed by atoms with Crippen molar-refractivity contribution in [3.63, 3.8) is 0 Å². The van der Waals surface area contributed by atoms with Crippen LogP contribution in [0.2, 0.25) is 0 Å². The minimum atomic E-state index is 0.150. The molecule has 0 unspecified atom stereocenters. The number of hydrogen-bond acceptors (Lipinski definition) is 3. The summed E-state index contributed by atoms with van der Waals surface area (Å²) in [6.07, 6.45) is 2.60. The van der Waals surface area contributed by atoms with Crippen LogP contribution < -0.4 is 10.6 Å². The number of fused-ring (bicyclic) bond motifs is 1. The molecular weight excluding hydrogens is 264 g/mol. The fourth-order valence-electron chi connectivity index (χ4n) is 2.98. The lowest BCUT2D eigenvalue weighted by Crippen LogP contribution is -2.42. The third kappa shape index (κ3) is 3.45. The van der Waals surface area contributed by atoms with Crippen LogP contribution in [-0.4, -0.2) is 25.0 Å². The van der Waals surface area contributed by atoms with Crippen LogP contribution in [0.1, 0.15) is 25.5 Å². The normalized spacial score (nSPS) is 22.3. The van der Waals surface area contributed by atoms with Gasteiger partial charge >= 0.3 is 0 Å². The van der Waals surface area contributed by atoms with Crippen molar-refractivity contribution in [3.8, 4) is 0 Å². The van der Waals surface area contributed by atoms with E-state index in [-0.39, 0.29) is 11.8 Å². The molecule has 0 spiro atoms. The predicted molar refractivity (Wildman–Crippen MR) is 83.1 cm³/mol. The van der Waals surface area contributed by atoms with E-state index in [4.69, 9.17) is 4.42 Å². The van der Waals surface area contributed by atoms with E-state index < -0.39 is 0 Å². The average molecular weight is 286 g/mol. The van der Waals surface area contributed by atoms with Gasteiger partial charge < -0.3 is 15.1 Å². The summed E-state index contributed by atoms with van der Waals surface area (Å²) in [7, 11) is 0. The SMILES string of the molecule is C[C@H]1C[C@@H](C(=O)NCCc2cc3ccccc3o2)CCN1.